The minimum atomic E-state index is -0.365. The van der Waals surface area contributed by atoms with Gasteiger partial charge in [0, 0.05) is 5.41 Å². The summed E-state index contributed by atoms with van der Waals surface area (Å²) in [4.78, 5) is 27.5. The number of carbonyl (C=O) groups excluding carboxylic acids is 2. The highest BCUT2D eigenvalue weighted by Gasteiger charge is 2.72. The van der Waals surface area contributed by atoms with Gasteiger partial charge in [-0.05, 0) is 128 Å². The second-order valence-corrected chi connectivity index (χ2v) is 16.1. The van der Waals surface area contributed by atoms with Gasteiger partial charge in [0.25, 0.3) is 0 Å². The van der Waals surface area contributed by atoms with E-state index >= 15 is 0 Å². The molecular formula is C38H52O3. The van der Waals surface area contributed by atoms with Crippen molar-refractivity contribution in [1.29, 1.82) is 0 Å². The van der Waals surface area contributed by atoms with Gasteiger partial charge in [0.15, 0.2) is 5.78 Å². The highest BCUT2D eigenvalue weighted by atomic mass is 16.5. The van der Waals surface area contributed by atoms with Crippen LogP contribution in [0, 0.1) is 56.7 Å². The lowest BCUT2D eigenvalue weighted by molar-refractivity contribution is -0.232. The Balaban J connectivity index is 1.42. The standard InChI is InChI=1S/C38H52O3/c1-24(2)27-16-19-38(33(40)41-8)21-20-36(6)28(31(27)38)14-15-30-35(5)23-26(22-25-12-10-9-11-13-25)32(39)34(3,4)29(35)17-18-37(30,36)7/h9-13,22,27-31H,1,14-21,23H2,2-8H3/b26-22-/t27-,28+,29+,30-,31+,35+,36+,37+,38-/m1/s1. The SMILES string of the molecule is C=C(C)[C@H]1CC[C@@]2(C(=O)OC)CC[C@@]3(C)[C@@H](CC[C@@H]4[C@@]5(C)C/C(=C/c6ccccc6)C(=O)C(C)(C)[C@@H]5CC[C@@]43C)[C@H]12. The van der Waals surface area contributed by atoms with Crippen LogP contribution in [0.4, 0.5) is 0 Å². The van der Waals surface area contributed by atoms with Crippen molar-refractivity contribution in [3.05, 3.63) is 53.6 Å². The van der Waals surface area contributed by atoms with Crippen LogP contribution in [0.25, 0.3) is 6.08 Å². The molecule has 0 aliphatic heterocycles. The van der Waals surface area contributed by atoms with Crippen LogP contribution in [-0.2, 0) is 14.3 Å². The van der Waals surface area contributed by atoms with Gasteiger partial charge in [-0.3, -0.25) is 9.59 Å². The van der Waals surface area contributed by atoms with E-state index in [1.54, 1.807) is 7.11 Å². The third kappa shape index (κ3) is 3.75. The van der Waals surface area contributed by atoms with Gasteiger partial charge < -0.3 is 4.74 Å². The molecule has 9 atom stereocenters. The fraction of sp³-hybridized carbons (Fsp3) is 0.684. The number of hydrogen-bond donors (Lipinski definition) is 0. The molecule has 222 valence electrons. The molecule has 5 fully saturated rings. The Hall–Kier alpha value is -2.16. The van der Waals surface area contributed by atoms with Crippen molar-refractivity contribution >= 4 is 17.8 Å². The van der Waals surface area contributed by atoms with Gasteiger partial charge in [-0.1, -0.05) is 77.1 Å². The summed E-state index contributed by atoms with van der Waals surface area (Å²) in [6.45, 7) is 18.9. The molecule has 0 radical (unpaired) electrons. The summed E-state index contributed by atoms with van der Waals surface area (Å²) >= 11 is 0. The molecule has 0 heterocycles. The van der Waals surface area contributed by atoms with Crippen molar-refractivity contribution < 1.29 is 14.3 Å². The van der Waals surface area contributed by atoms with Crippen LogP contribution in [-0.4, -0.2) is 18.9 Å². The van der Waals surface area contributed by atoms with Crippen molar-refractivity contribution in [1.82, 2.24) is 0 Å². The maximum atomic E-state index is 14.0. The number of Topliss-reactive ketones (excluding diaryl/α,β-unsaturated/α-hetero) is 1. The minimum Gasteiger partial charge on any atom is -0.469 e. The van der Waals surface area contributed by atoms with E-state index in [0.717, 1.165) is 49.7 Å². The number of benzene rings is 1. The molecular weight excluding hydrogens is 504 g/mol. The molecule has 0 amide bonds. The third-order valence-corrected chi connectivity index (χ3v) is 14.4. The Morgan fingerprint density at radius 1 is 0.902 bits per heavy atom. The smallest absolute Gasteiger partial charge is 0.312 e. The number of methoxy groups -OCH3 is 1. The van der Waals surface area contributed by atoms with E-state index in [1.807, 2.05) is 6.07 Å². The Labute approximate surface area is 248 Å². The first-order valence-corrected chi connectivity index (χ1v) is 16.3. The molecule has 5 aliphatic rings. The number of fused-ring (bicyclic) bond motifs is 7. The highest BCUT2D eigenvalue weighted by Crippen LogP contribution is 2.77. The molecule has 3 nitrogen and oxygen atoms in total. The zero-order valence-electron chi connectivity index (χ0n) is 26.6. The summed E-state index contributed by atoms with van der Waals surface area (Å²) in [5.41, 5.74) is 3.06. The van der Waals surface area contributed by atoms with Gasteiger partial charge in [-0.15, -0.1) is 0 Å². The molecule has 0 bridgehead atoms. The largest absolute Gasteiger partial charge is 0.469 e. The van der Waals surface area contributed by atoms with E-state index in [2.05, 4.69) is 78.5 Å². The van der Waals surface area contributed by atoms with Crippen LogP contribution >= 0.6 is 0 Å². The zero-order chi connectivity index (χ0) is 29.6. The van der Waals surface area contributed by atoms with Crippen molar-refractivity contribution in [3.63, 3.8) is 0 Å². The van der Waals surface area contributed by atoms with Crippen molar-refractivity contribution in [2.24, 2.45) is 56.7 Å². The molecule has 5 aliphatic carbocycles. The van der Waals surface area contributed by atoms with E-state index in [9.17, 15) is 9.59 Å². The Bertz CT molecular complexity index is 1290. The third-order valence-electron chi connectivity index (χ3n) is 14.4. The summed E-state index contributed by atoms with van der Waals surface area (Å²) in [5.74, 6) is 2.55. The van der Waals surface area contributed by atoms with Gasteiger partial charge in [0.05, 0.1) is 12.5 Å². The van der Waals surface area contributed by atoms with E-state index in [0.29, 0.717) is 35.4 Å². The normalized spacial score (nSPS) is 45.7. The van der Waals surface area contributed by atoms with Crippen LogP contribution in [0.2, 0.25) is 0 Å². The lowest BCUT2D eigenvalue weighted by Gasteiger charge is -2.72. The van der Waals surface area contributed by atoms with Gasteiger partial charge >= 0.3 is 5.97 Å². The molecule has 5 saturated carbocycles. The second kappa shape index (κ2) is 9.42. The predicted octanol–water partition coefficient (Wildman–Crippen LogP) is 9.08. The second-order valence-electron chi connectivity index (χ2n) is 16.1. The fourth-order valence-electron chi connectivity index (χ4n) is 12.4. The quantitative estimate of drug-likeness (QED) is 0.212. The number of esters is 1. The van der Waals surface area contributed by atoms with E-state index in [-0.39, 0.29) is 33.0 Å². The average Bonchev–Trinajstić information content (AvgIpc) is 3.33. The molecule has 0 saturated heterocycles. The van der Waals surface area contributed by atoms with Crippen molar-refractivity contribution in [2.75, 3.05) is 7.11 Å². The van der Waals surface area contributed by atoms with E-state index < -0.39 is 0 Å². The Morgan fingerprint density at radius 3 is 2.27 bits per heavy atom. The van der Waals surface area contributed by atoms with Crippen LogP contribution in [0.5, 0.6) is 0 Å². The van der Waals surface area contributed by atoms with Gasteiger partial charge in [-0.25, -0.2) is 0 Å². The van der Waals surface area contributed by atoms with Gasteiger partial charge in [-0.2, -0.15) is 0 Å². The molecule has 0 spiro atoms. The summed E-state index contributed by atoms with van der Waals surface area (Å²) in [6.07, 6.45) is 11.7. The number of hydrogen-bond acceptors (Lipinski definition) is 3. The molecule has 6 rings (SSSR count). The van der Waals surface area contributed by atoms with Gasteiger partial charge in [0.2, 0.25) is 0 Å². The minimum absolute atomic E-state index is 0.0273. The Kier molecular flexibility index (Phi) is 6.65. The lowest BCUT2D eigenvalue weighted by atomic mass is 9.32. The van der Waals surface area contributed by atoms with Gasteiger partial charge in [0.1, 0.15) is 0 Å². The molecule has 0 aromatic heterocycles. The van der Waals surface area contributed by atoms with Crippen LogP contribution < -0.4 is 0 Å². The molecule has 0 unspecified atom stereocenters. The summed E-state index contributed by atoms with van der Waals surface area (Å²) < 4.78 is 5.54. The number of rotatable bonds is 3. The highest BCUT2D eigenvalue weighted by molar-refractivity contribution is 6.04. The van der Waals surface area contributed by atoms with Crippen LogP contribution in [0.3, 0.4) is 0 Å². The first-order valence-electron chi connectivity index (χ1n) is 16.3. The summed E-state index contributed by atoms with van der Waals surface area (Å²) in [6, 6.07) is 10.4. The fourth-order valence-corrected chi connectivity index (χ4v) is 12.4. The number of allylic oxidation sites excluding steroid dienone is 2. The van der Waals surface area contributed by atoms with Crippen molar-refractivity contribution in [2.45, 2.75) is 99.3 Å². The Morgan fingerprint density at radius 2 is 1.61 bits per heavy atom. The molecule has 41 heavy (non-hydrogen) atoms. The molecule has 1 aromatic carbocycles. The molecule has 1 aromatic rings. The van der Waals surface area contributed by atoms with E-state index in [1.165, 1.54) is 24.8 Å². The van der Waals surface area contributed by atoms with Crippen molar-refractivity contribution in [3.8, 4) is 0 Å². The van der Waals surface area contributed by atoms with Crippen LogP contribution in [0.1, 0.15) is 105 Å². The monoisotopic (exact) mass is 556 g/mol. The average molecular weight is 557 g/mol. The molecule has 0 N–H and O–H groups in total. The maximum Gasteiger partial charge on any atom is 0.312 e. The number of ketones is 1. The predicted molar refractivity (Wildman–Crippen MR) is 166 cm³/mol. The number of ether oxygens (including phenoxy) is 1. The number of carbonyl (C=O) groups is 2. The summed E-state index contributed by atoms with van der Waals surface area (Å²) in [7, 11) is 1.59. The molecule has 3 heteroatoms. The summed E-state index contributed by atoms with van der Waals surface area (Å²) in [5, 5.41) is 0. The first kappa shape index (κ1) is 28.9. The first-order chi connectivity index (χ1) is 19.3. The van der Waals surface area contributed by atoms with Crippen LogP contribution in [0.15, 0.2) is 48.1 Å². The van der Waals surface area contributed by atoms with E-state index in [4.69, 9.17) is 4.74 Å². The maximum absolute atomic E-state index is 14.0. The lowest BCUT2D eigenvalue weighted by Crippen LogP contribution is -2.67. The topological polar surface area (TPSA) is 43.4 Å². The zero-order valence-corrected chi connectivity index (χ0v) is 26.6.